The van der Waals surface area contributed by atoms with E-state index >= 15 is 0 Å². The molecule has 1 aromatic carbocycles. The van der Waals surface area contributed by atoms with Gasteiger partial charge in [0.2, 0.25) is 5.91 Å². The Bertz CT molecular complexity index is 527. The summed E-state index contributed by atoms with van der Waals surface area (Å²) in [6.45, 7) is 7.31. The Morgan fingerprint density at radius 2 is 2.14 bits per heavy atom. The van der Waals surface area contributed by atoms with E-state index in [1.165, 1.54) is 6.08 Å². The molecule has 0 aliphatic carbocycles. The number of amides is 1. The van der Waals surface area contributed by atoms with Gasteiger partial charge in [0, 0.05) is 12.6 Å². The predicted molar refractivity (Wildman–Crippen MR) is 90.7 cm³/mol. The average molecular weight is 326 g/mol. The zero-order chi connectivity index (χ0) is 16.5. The number of hydrogen-bond acceptors (Lipinski definition) is 3. The van der Waals surface area contributed by atoms with Crippen LogP contribution in [0.25, 0.3) is 6.08 Å². The highest BCUT2D eigenvalue weighted by Gasteiger charge is 2.10. The third kappa shape index (κ3) is 5.98. The monoisotopic (exact) mass is 325 g/mol. The minimum atomic E-state index is -0.120. The molecule has 0 spiro atoms. The van der Waals surface area contributed by atoms with Gasteiger partial charge in [0.1, 0.15) is 0 Å². The molecule has 5 heteroatoms. The fourth-order valence-electron chi connectivity index (χ4n) is 1.86. The van der Waals surface area contributed by atoms with Gasteiger partial charge in [0.05, 0.1) is 18.7 Å². The van der Waals surface area contributed by atoms with E-state index in [0.29, 0.717) is 35.6 Å². The van der Waals surface area contributed by atoms with Crippen LogP contribution >= 0.6 is 11.6 Å². The van der Waals surface area contributed by atoms with Gasteiger partial charge in [-0.1, -0.05) is 25.4 Å². The summed E-state index contributed by atoms with van der Waals surface area (Å²) >= 11 is 6.16. The summed E-state index contributed by atoms with van der Waals surface area (Å²) in [5.41, 5.74) is 0.785. The van der Waals surface area contributed by atoms with Crippen LogP contribution in [0.15, 0.2) is 18.2 Å². The standard InChI is InChI=1S/C17H24ClNO3/c1-5-22-15-11-13(10-14(18)17(15)21-4)6-7-16(20)19-9-8-12(2)3/h6-7,10-12H,5,8-9H2,1-4H3,(H,19,20)/b7-6+. The van der Waals surface area contributed by atoms with Crippen molar-refractivity contribution in [3.05, 3.63) is 28.8 Å². The van der Waals surface area contributed by atoms with Gasteiger partial charge in [-0.25, -0.2) is 0 Å². The maximum Gasteiger partial charge on any atom is 0.243 e. The Kier molecular flexibility index (Phi) is 7.82. The van der Waals surface area contributed by atoms with Crippen molar-refractivity contribution in [1.29, 1.82) is 0 Å². The van der Waals surface area contributed by atoms with Gasteiger partial charge < -0.3 is 14.8 Å². The summed E-state index contributed by atoms with van der Waals surface area (Å²) in [4.78, 5) is 11.7. The highest BCUT2D eigenvalue weighted by atomic mass is 35.5. The van der Waals surface area contributed by atoms with Gasteiger partial charge in [0.15, 0.2) is 11.5 Å². The summed E-state index contributed by atoms with van der Waals surface area (Å²) < 4.78 is 10.7. The van der Waals surface area contributed by atoms with Crippen LogP contribution < -0.4 is 14.8 Å². The van der Waals surface area contributed by atoms with Gasteiger partial charge in [-0.15, -0.1) is 0 Å². The van der Waals surface area contributed by atoms with E-state index in [9.17, 15) is 4.79 Å². The minimum Gasteiger partial charge on any atom is -0.491 e. The number of nitrogens with one attached hydrogen (secondary N) is 1. The first-order valence-electron chi connectivity index (χ1n) is 7.44. The van der Waals surface area contributed by atoms with Crippen molar-refractivity contribution in [2.24, 2.45) is 5.92 Å². The van der Waals surface area contributed by atoms with Crippen LogP contribution in [0.2, 0.25) is 5.02 Å². The van der Waals surface area contributed by atoms with E-state index in [4.69, 9.17) is 21.1 Å². The van der Waals surface area contributed by atoms with Crippen LogP contribution in [0.5, 0.6) is 11.5 Å². The number of carbonyl (C=O) groups excluding carboxylic acids is 1. The van der Waals surface area contributed by atoms with E-state index in [0.717, 1.165) is 12.0 Å². The first-order valence-corrected chi connectivity index (χ1v) is 7.82. The minimum absolute atomic E-state index is 0.120. The van der Waals surface area contributed by atoms with Crippen molar-refractivity contribution in [3.63, 3.8) is 0 Å². The van der Waals surface area contributed by atoms with Gasteiger partial charge in [0.25, 0.3) is 0 Å². The molecule has 0 aliphatic rings. The van der Waals surface area contributed by atoms with E-state index < -0.39 is 0 Å². The first kappa shape index (κ1) is 18.4. The largest absolute Gasteiger partial charge is 0.491 e. The van der Waals surface area contributed by atoms with Crippen molar-refractivity contribution in [1.82, 2.24) is 5.32 Å². The lowest BCUT2D eigenvalue weighted by Crippen LogP contribution is -2.23. The zero-order valence-electron chi connectivity index (χ0n) is 13.6. The average Bonchev–Trinajstić information content (AvgIpc) is 2.45. The maximum atomic E-state index is 11.7. The van der Waals surface area contributed by atoms with Crippen LogP contribution in [0.3, 0.4) is 0 Å². The van der Waals surface area contributed by atoms with E-state index in [1.54, 1.807) is 25.3 Å². The molecule has 0 saturated heterocycles. The molecule has 1 rings (SSSR count). The SMILES string of the molecule is CCOc1cc(/C=C/C(=O)NCCC(C)C)cc(Cl)c1OC. The molecule has 0 aromatic heterocycles. The van der Waals surface area contributed by atoms with Crippen LogP contribution in [0, 0.1) is 5.92 Å². The highest BCUT2D eigenvalue weighted by Crippen LogP contribution is 2.36. The summed E-state index contributed by atoms with van der Waals surface area (Å²) in [6.07, 6.45) is 4.16. The van der Waals surface area contributed by atoms with Crippen LogP contribution in [0.1, 0.15) is 32.8 Å². The van der Waals surface area contributed by atoms with Crippen molar-refractivity contribution in [3.8, 4) is 11.5 Å². The number of halogens is 1. The quantitative estimate of drug-likeness (QED) is 0.737. The molecule has 0 heterocycles. The molecule has 0 fully saturated rings. The molecule has 0 unspecified atom stereocenters. The maximum absolute atomic E-state index is 11.7. The molecule has 0 saturated carbocycles. The molecule has 122 valence electrons. The van der Waals surface area contributed by atoms with Crippen LogP contribution in [-0.4, -0.2) is 26.2 Å². The zero-order valence-corrected chi connectivity index (χ0v) is 14.4. The number of benzene rings is 1. The lowest BCUT2D eigenvalue weighted by molar-refractivity contribution is -0.116. The molecule has 0 atom stereocenters. The molecule has 4 nitrogen and oxygen atoms in total. The number of hydrogen-bond donors (Lipinski definition) is 1. The Balaban J connectivity index is 2.76. The number of ether oxygens (including phenoxy) is 2. The molecule has 1 aromatic rings. The normalized spacial score (nSPS) is 11.0. The Hall–Kier alpha value is -1.68. The van der Waals surface area contributed by atoms with Crippen molar-refractivity contribution in [2.75, 3.05) is 20.3 Å². The second kappa shape index (κ2) is 9.36. The topological polar surface area (TPSA) is 47.6 Å². The molecule has 0 radical (unpaired) electrons. The van der Waals surface area contributed by atoms with Crippen molar-refractivity contribution in [2.45, 2.75) is 27.2 Å². The fourth-order valence-corrected chi connectivity index (χ4v) is 2.16. The number of carbonyl (C=O) groups is 1. The van der Waals surface area contributed by atoms with Gasteiger partial charge in [-0.2, -0.15) is 0 Å². The first-order chi connectivity index (χ1) is 10.5. The Morgan fingerprint density at radius 1 is 1.41 bits per heavy atom. The smallest absolute Gasteiger partial charge is 0.243 e. The van der Waals surface area contributed by atoms with Gasteiger partial charge >= 0.3 is 0 Å². The lowest BCUT2D eigenvalue weighted by atomic mass is 10.1. The second-order valence-electron chi connectivity index (χ2n) is 5.27. The molecule has 0 bridgehead atoms. The third-order valence-corrected chi connectivity index (χ3v) is 3.26. The summed E-state index contributed by atoms with van der Waals surface area (Å²) in [7, 11) is 1.54. The summed E-state index contributed by atoms with van der Waals surface area (Å²) in [6, 6.07) is 3.53. The molecular formula is C17H24ClNO3. The lowest BCUT2D eigenvalue weighted by Gasteiger charge is -2.11. The van der Waals surface area contributed by atoms with Crippen molar-refractivity contribution < 1.29 is 14.3 Å². The molecule has 1 N–H and O–H groups in total. The molecule has 0 aliphatic heterocycles. The molecular weight excluding hydrogens is 302 g/mol. The van der Waals surface area contributed by atoms with Gasteiger partial charge in [-0.3, -0.25) is 4.79 Å². The van der Waals surface area contributed by atoms with Gasteiger partial charge in [-0.05, 0) is 43.0 Å². The van der Waals surface area contributed by atoms with Crippen LogP contribution in [-0.2, 0) is 4.79 Å². The highest BCUT2D eigenvalue weighted by molar-refractivity contribution is 6.32. The van der Waals surface area contributed by atoms with E-state index in [1.807, 2.05) is 6.92 Å². The van der Waals surface area contributed by atoms with Crippen LogP contribution in [0.4, 0.5) is 0 Å². The predicted octanol–water partition coefficient (Wildman–Crippen LogP) is 3.92. The second-order valence-corrected chi connectivity index (χ2v) is 5.68. The third-order valence-electron chi connectivity index (χ3n) is 2.98. The van der Waals surface area contributed by atoms with Crippen molar-refractivity contribution >= 4 is 23.6 Å². The van der Waals surface area contributed by atoms with E-state index in [2.05, 4.69) is 19.2 Å². The van der Waals surface area contributed by atoms with E-state index in [-0.39, 0.29) is 5.91 Å². The number of methoxy groups -OCH3 is 1. The number of rotatable bonds is 8. The Morgan fingerprint density at radius 3 is 2.73 bits per heavy atom. The fraction of sp³-hybridized carbons (Fsp3) is 0.471. The summed E-state index contributed by atoms with van der Waals surface area (Å²) in [5, 5.41) is 3.30. The Labute approximate surface area is 137 Å². The molecule has 22 heavy (non-hydrogen) atoms. The summed E-state index contributed by atoms with van der Waals surface area (Å²) in [5.74, 6) is 1.52. The molecule has 1 amide bonds.